The van der Waals surface area contributed by atoms with Crippen LogP contribution in [-0.4, -0.2) is 52.5 Å². The molecule has 6 heteroatoms. The lowest BCUT2D eigenvalue weighted by Crippen LogP contribution is -2.49. The van der Waals surface area contributed by atoms with E-state index >= 15 is 0 Å². The third-order valence-corrected chi connectivity index (χ3v) is 5.33. The van der Waals surface area contributed by atoms with Crippen LogP contribution >= 0.6 is 0 Å². The van der Waals surface area contributed by atoms with Crippen molar-refractivity contribution in [1.82, 2.24) is 15.2 Å². The molecule has 2 heterocycles. The first-order valence-corrected chi connectivity index (χ1v) is 8.50. The molecule has 0 radical (unpaired) electrons. The number of amides is 1. The van der Waals surface area contributed by atoms with Crippen molar-refractivity contribution in [2.24, 2.45) is 5.92 Å². The third-order valence-electron chi connectivity index (χ3n) is 5.33. The Bertz CT molecular complexity index is 898. The van der Waals surface area contributed by atoms with Gasteiger partial charge in [-0.1, -0.05) is 18.2 Å². The predicted molar refractivity (Wildman–Crippen MR) is 95.1 cm³/mol. The number of carbonyl (C=O) groups is 2. The summed E-state index contributed by atoms with van der Waals surface area (Å²) in [6.07, 6.45) is 5.02. The van der Waals surface area contributed by atoms with Crippen molar-refractivity contribution in [2.45, 2.75) is 25.4 Å². The van der Waals surface area contributed by atoms with E-state index in [1.165, 1.54) is 23.4 Å². The molecule has 0 saturated heterocycles. The quantitative estimate of drug-likeness (QED) is 0.793. The fourth-order valence-corrected chi connectivity index (χ4v) is 4.00. The van der Waals surface area contributed by atoms with Crippen molar-refractivity contribution in [3.8, 4) is 0 Å². The van der Waals surface area contributed by atoms with Crippen LogP contribution in [0.5, 0.6) is 0 Å². The zero-order chi connectivity index (χ0) is 17.7. The molecule has 0 bridgehead atoms. The second-order valence-electron chi connectivity index (χ2n) is 7.00. The number of aromatic nitrogens is 1. The number of aliphatic carboxylic acids is 1. The average Bonchev–Trinajstić information content (AvgIpc) is 3.00. The van der Waals surface area contributed by atoms with E-state index in [-0.39, 0.29) is 17.9 Å². The van der Waals surface area contributed by atoms with Gasteiger partial charge >= 0.3 is 5.97 Å². The van der Waals surface area contributed by atoms with Crippen LogP contribution in [0, 0.1) is 5.92 Å². The van der Waals surface area contributed by atoms with Crippen molar-refractivity contribution in [3.05, 3.63) is 41.6 Å². The van der Waals surface area contributed by atoms with Gasteiger partial charge in [0.2, 0.25) is 5.91 Å². The van der Waals surface area contributed by atoms with E-state index in [4.69, 9.17) is 5.11 Å². The van der Waals surface area contributed by atoms with Crippen molar-refractivity contribution < 1.29 is 14.7 Å². The molecule has 130 valence electrons. The number of benzene rings is 1. The highest BCUT2D eigenvalue weighted by Gasteiger charge is 2.36. The summed E-state index contributed by atoms with van der Waals surface area (Å²) < 4.78 is 0. The SMILES string of the molecule is C[C@H](NC(=O)[C@@H]1C=C2c3cccc4[nH]cc(c34)C[C@H]2N(C)C1)C(=O)O. The molecule has 3 atom stereocenters. The molecule has 2 aromatic rings. The Balaban J connectivity index is 1.72. The highest BCUT2D eigenvalue weighted by atomic mass is 16.4. The van der Waals surface area contributed by atoms with E-state index in [0.717, 1.165) is 17.5 Å². The molecular weight excluding hydrogens is 318 g/mol. The molecule has 1 aliphatic carbocycles. The number of hydrogen-bond acceptors (Lipinski definition) is 3. The van der Waals surface area contributed by atoms with E-state index in [1.54, 1.807) is 0 Å². The van der Waals surface area contributed by atoms with Crippen LogP contribution in [0.4, 0.5) is 0 Å². The van der Waals surface area contributed by atoms with Gasteiger partial charge in [0.1, 0.15) is 6.04 Å². The van der Waals surface area contributed by atoms with Gasteiger partial charge < -0.3 is 15.4 Å². The Morgan fingerprint density at radius 3 is 2.96 bits per heavy atom. The Morgan fingerprint density at radius 1 is 1.40 bits per heavy atom. The molecule has 1 aromatic heterocycles. The Labute approximate surface area is 145 Å². The number of aromatic amines is 1. The van der Waals surface area contributed by atoms with Gasteiger partial charge in [-0.2, -0.15) is 0 Å². The number of carboxylic acids is 1. The minimum Gasteiger partial charge on any atom is -0.480 e. The summed E-state index contributed by atoms with van der Waals surface area (Å²) >= 11 is 0. The fourth-order valence-electron chi connectivity index (χ4n) is 4.00. The molecule has 6 nitrogen and oxygen atoms in total. The van der Waals surface area contributed by atoms with Gasteiger partial charge in [-0.25, -0.2) is 0 Å². The minimum absolute atomic E-state index is 0.236. The number of carbonyl (C=O) groups excluding carboxylic acids is 1. The van der Waals surface area contributed by atoms with Crippen molar-refractivity contribution >= 4 is 28.4 Å². The molecule has 1 aliphatic heterocycles. The lowest BCUT2D eigenvalue weighted by molar-refractivity contribution is -0.141. The zero-order valence-corrected chi connectivity index (χ0v) is 14.2. The zero-order valence-electron chi connectivity index (χ0n) is 14.2. The first kappa shape index (κ1) is 15.9. The third kappa shape index (κ3) is 2.53. The summed E-state index contributed by atoms with van der Waals surface area (Å²) in [5.41, 5.74) is 4.75. The summed E-state index contributed by atoms with van der Waals surface area (Å²) in [5.74, 6) is -1.61. The van der Waals surface area contributed by atoms with E-state index in [0.29, 0.717) is 6.54 Å². The maximum absolute atomic E-state index is 12.5. The molecule has 0 fully saturated rings. The molecule has 0 saturated carbocycles. The number of H-pyrrole nitrogens is 1. The molecule has 0 unspecified atom stereocenters. The largest absolute Gasteiger partial charge is 0.480 e. The normalized spacial score (nSPS) is 23.7. The van der Waals surface area contributed by atoms with Crippen LogP contribution in [0.3, 0.4) is 0 Å². The number of likely N-dealkylation sites (N-methyl/N-ethyl adjacent to an activating group) is 1. The van der Waals surface area contributed by atoms with Crippen LogP contribution in [0.1, 0.15) is 18.1 Å². The van der Waals surface area contributed by atoms with E-state index in [1.807, 2.05) is 19.2 Å². The number of rotatable bonds is 3. The van der Waals surface area contributed by atoms with Gasteiger partial charge in [-0.15, -0.1) is 0 Å². The molecular formula is C19H21N3O3. The van der Waals surface area contributed by atoms with Gasteiger partial charge in [-0.05, 0) is 43.2 Å². The van der Waals surface area contributed by atoms with Gasteiger partial charge in [-0.3, -0.25) is 14.5 Å². The Hall–Kier alpha value is -2.60. The summed E-state index contributed by atoms with van der Waals surface area (Å²) in [5, 5.41) is 12.8. The number of nitrogens with one attached hydrogen (secondary N) is 2. The summed E-state index contributed by atoms with van der Waals surface area (Å²) in [6, 6.07) is 5.55. The first-order chi connectivity index (χ1) is 12.0. The van der Waals surface area contributed by atoms with Crippen LogP contribution < -0.4 is 5.32 Å². The maximum Gasteiger partial charge on any atom is 0.325 e. The lowest BCUT2D eigenvalue weighted by Gasteiger charge is -2.39. The molecule has 25 heavy (non-hydrogen) atoms. The fraction of sp³-hybridized carbons (Fsp3) is 0.368. The lowest BCUT2D eigenvalue weighted by atomic mass is 9.80. The van der Waals surface area contributed by atoms with Crippen molar-refractivity contribution in [3.63, 3.8) is 0 Å². The highest BCUT2D eigenvalue weighted by Crippen LogP contribution is 2.40. The topological polar surface area (TPSA) is 85.4 Å². The molecule has 2 aliphatic rings. The summed E-state index contributed by atoms with van der Waals surface area (Å²) in [4.78, 5) is 29.0. The minimum atomic E-state index is -1.03. The molecule has 3 N–H and O–H groups in total. The second kappa shape index (κ2) is 5.74. The van der Waals surface area contributed by atoms with Crippen LogP contribution in [-0.2, 0) is 16.0 Å². The van der Waals surface area contributed by atoms with Crippen molar-refractivity contribution in [1.29, 1.82) is 0 Å². The number of nitrogens with zero attached hydrogens (tertiary/aromatic N) is 1. The van der Waals surface area contributed by atoms with Crippen LogP contribution in [0.15, 0.2) is 30.5 Å². The second-order valence-corrected chi connectivity index (χ2v) is 7.00. The van der Waals surface area contributed by atoms with Gasteiger partial charge in [0.25, 0.3) is 0 Å². The summed E-state index contributed by atoms with van der Waals surface area (Å²) in [6.45, 7) is 2.07. The molecule has 1 aromatic carbocycles. The molecule has 4 rings (SSSR count). The van der Waals surface area contributed by atoms with Crippen molar-refractivity contribution in [2.75, 3.05) is 13.6 Å². The number of carboxylic acid groups (broad SMARTS) is 1. The van der Waals surface area contributed by atoms with Crippen LogP contribution in [0.2, 0.25) is 0 Å². The van der Waals surface area contributed by atoms with Gasteiger partial charge in [0.15, 0.2) is 0 Å². The Morgan fingerprint density at radius 2 is 2.20 bits per heavy atom. The molecule has 0 spiro atoms. The Kier molecular flexibility index (Phi) is 3.65. The predicted octanol–water partition coefficient (Wildman–Crippen LogP) is 1.63. The van der Waals surface area contributed by atoms with Crippen LogP contribution in [0.25, 0.3) is 16.5 Å². The van der Waals surface area contributed by atoms with Gasteiger partial charge in [0.05, 0.1) is 5.92 Å². The van der Waals surface area contributed by atoms with E-state index < -0.39 is 12.0 Å². The highest BCUT2D eigenvalue weighted by molar-refractivity contribution is 5.99. The molecule has 1 amide bonds. The number of fused-ring (bicyclic) bond motifs is 2. The van der Waals surface area contributed by atoms with E-state index in [2.05, 4.69) is 33.5 Å². The number of hydrogen-bond donors (Lipinski definition) is 3. The first-order valence-electron chi connectivity index (χ1n) is 8.50. The maximum atomic E-state index is 12.5. The van der Waals surface area contributed by atoms with E-state index in [9.17, 15) is 9.59 Å². The van der Waals surface area contributed by atoms with Gasteiger partial charge in [0, 0.05) is 29.7 Å². The standard InChI is InChI=1S/C19H21N3O3/c1-10(19(24)25)21-18(23)12-6-14-13-4-3-5-15-17(13)11(8-20-15)7-16(14)22(2)9-12/h3-6,8,10,12,16,20H,7,9H2,1-2H3,(H,21,23)(H,24,25)/t10-,12+,16+/m0/s1. The summed E-state index contributed by atoms with van der Waals surface area (Å²) in [7, 11) is 2.02. The monoisotopic (exact) mass is 339 g/mol. The smallest absolute Gasteiger partial charge is 0.325 e. The average molecular weight is 339 g/mol.